The van der Waals surface area contributed by atoms with Crippen molar-refractivity contribution in [3.8, 4) is 28.6 Å². The highest BCUT2D eigenvalue weighted by Gasteiger charge is 2.17. The zero-order valence-corrected chi connectivity index (χ0v) is 16.6. The van der Waals surface area contributed by atoms with Crippen molar-refractivity contribution in [2.45, 2.75) is 0 Å². The van der Waals surface area contributed by atoms with Crippen LogP contribution in [0.2, 0.25) is 0 Å². The summed E-state index contributed by atoms with van der Waals surface area (Å²) in [5.74, 6) is 1.74. The van der Waals surface area contributed by atoms with Gasteiger partial charge in [0.25, 0.3) is 5.69 Å². The van der Waals surface area contributed by atoms with Crippen LogP contribution in [0.4, 0.5) is 5.69 Å². The molecule has 0 amide bonds. The van der Waals surface area contributed by atoms with Crippen LogP contribution in [0.15, 0.2) is 41.5 Å². The number of hydrogen-bond acceptors (Lipinski definition) is 8. The first-order valence-electron chi connectivity index (χ1n) is 8.25. The van der Waals surface area contributed by atoms with Gasteiger partial charge in [-0.05, 0) is 24.4 Å². The van der Waals surface area contributed by atoms with Crippen LogP contribution >= 0.6 is 12.2 Å². The standard InChI is InChI=1S/C18H17N5O5S/c1-26-14-8-12(9-15(27-2)16(14)28-3)17-20-21-18(29)22(17)19-10-11-5-4-6-13(7-11)23(24)25/h4-10H,1-3H3,(H,21,29). The van der Waals surface area contributed by atoms with E-state index in [4.69, 9.17) is 26.4 Å². The third-order valence-electron chi connectivity index (χ3n) is 3.98. The molecule has 0 saturated heterocycles. The number of nitro groups is 1. The summed E-state index contributed by atoms with van der Waals surface area (Å²) in [6.45, 7) is 0. The number of aromatic nitrogens is 3. The second kappa shape index (κ2) is 8.52. The van der Waals surface area contributed by atoms with Gasteiger partial charge in [-0.3, -0.25) is 10.1 Å². The van der Waals surface area contributed by atoms with E-state index in [2.05, 4.69) is 15.3 Å². The summed E-state index contributed by atoms with van der Waals surface area (Å²) < 4.78 is 17.7. The van der Waals surface area contributed by atoms with Crippen LogP contribution in [0.3, 0.4) is 0 Å². The molecule has 10 nitrogen and oxygen atoms in total. The van der Waals surface area contributed by atoms with Gasteiger partial charge in [0.1, 0.15) is 0 Å². The molecular weight excluding hydrogens is 398 g/mol. The number of non-ortho nitro benzene ring substituents is 1. The normalized spacial score (nSPS) is 10.9. The van der Waals surface area contributed by atoms with Crippen LogP contribution in [0.5, 0.6) is 17.2 Å². The molecule has 0 aliphatic rings. The van der Waals surface area contributed by atoms with Gasteiger partial charge in [0, 0.05) is 23.3 Å². The fraction of sp³-hybridized carbons (Fsp3) is 0.167. The Balaban J connectivity index is 2.06. The van der Waals surface area contributed by atoms with Crippen molar-refractivity contribution in [3.63, 3.8) is 0 Å². The molecule has 0 aliphatic carbocycles. The van der Waals surface area contributed by atoms with E-state index in [0.29, 0.717) is 34.2 Å². The summed E-state index contributed by atoms with van der Waals surface area (Å²) in [6.07, 6.45) is 1.46. The lowest BCUT2D eigenvalue weighted by Gasteiger charge is -2.13. The number of aromatic amines is 1. The maximum Gasteiger partial charge on any atom is 0.270 e. The monoisotopic (exact) mass is 415 g/mol. The number of rotatable bonds is 7. The maximum absolute atomic E-state index is 10.9. The van der Waals surface area contributed by atoms with Gasteiger partial charge in [0.15, 0.2) is 17.3 Å². The molecule has 0 radical (unpaired) electrons. The van der Waals surface area contributed by atoms with E-state index < -0.39 is 4.92 Å². The molecule has 3 rings (SSSR count). The van der Waals surface area contributed by atoms with E-state index in [1.54, 1.807) is 24.3 Å². The van der Waals surface area contributed by atoms with Gasteiger partial charge < -0.3 is 14.2 Å². The fourth-order valence-electron chi connectivity index (χ4n) is 2.64. The minimum atomic E-state index is -0.470. The first-order chi connectivity index (χ1) is 14.0. The van der Waals surface area contributed by atoms with Crippen molar-refractivity contribution in [3.05, 3.63) is 56.8 Å². The smallest absolute Gasteiger partial charge is 0.270 e. The fourth-order valence-corrected chi connectivity index (χ4v) is 2.82. The van der Waals surface area contributed by atoms with Crippen LogP contribution in [0.25, 0.3) is 11.4 Å². The summed E-state index contributed by atoms with van der Waals surface area (Å²) >= 11 is 5.26. The van der Waals surface area contributed by atoms with E-state index in [1.165, 1.54) is 44.4 Å². The SMILES string of the molecule is COc1cc(-c2n[nH]c(=S)n2N=Cc2cccc([N+](=O)[O-])c2)cc(OC)c1OC. The number of benzene rings is 2. The summed E-state index contributed by atoms with van der Waals surface area (Å²) in [6, 6.07) is 9.51. The Morgan fingerprint density at radius 3 is 2.45 bits per heavy atom. The molecule has 1 aromatic heterocycles. The quantitative estimate of drug-likeness (QED) is 0.272. The Morgan fingerprint density at radius 2 is 1.86 bits per heavy atom. The molecule has 0 spiro atoms. The van der Waals surface area contributed by atoms with Gasteiger partial charge in [-0.2, -0.15) is 14.9 Å². The number of nitrogens with zero attached hydrogens (tertiary/aromatic N) is 4. The minimum Gasteiger partial charge on any atom is -0.493 e. The van der Waals surface area contributed by atoms with Crippen LogP contribution in [-0.4, -0.2) is 47.3 Å². The molecule has 0 atom stereocenters. The third kappa shape index (κ3) is 4.09. The lowest BCUT2D eigenvalue weighted by atomic mass is 10.1. The average molecular weight is 415 g/mol. The summed E-state index contributed by atoms with van der Waals surface area (Å²) in [5, 5.41) is 22.2. The highest BCUT2D eigenvalue weighted by Crippen LogP contribution is 2.40. The van der Waals surface area contributed by atoms with Crippen LogP contribution in [0.1, 0.15) is 5.56 Å². The van der Waals surface area contributed by atoms with Crippen LogP contribution < -0.4 is 14.2 Å². The Kier molecular flexibility index (Phi) is 5.88. The third-order valence-corrected chi connectivity index (χ3v) is 4.24. The topological polar surface area (TPSA) is 117 Å². The van der Waals surface area contributed by atoms with E-state index in [9.17, 15) is 10.1 Å². The number of nitro benzene ring substituents is 1. The van der Waals surface area contributed by atoms with Crippen molar-refractivity contribution in [1.29, 1.82) is 0 Å². The van der Waals surface area contributed by atoms with Gasteiger partial charge in [-0.1, -0.05) is 12.1 Å². The molecule has 0 aliphatic heterocycles. The predicted octanol–water partition coefficient (Wildman–Crippen LogP) is 3.42. The summed E-state index contributed by atoms with van der Waals surface area (Å²) in [4.78, 5) is 10.5. The van der Waals surface area contributed by atoms with E-state index in [0.717, 1.165) is 0 Å². The first-order valence-corrected chi connectivity index (χ1v) is 8.66. The van der Waals surface area contributed by atoms with Crippen molar-refractivity contribution >= 4 is 24.1 Å². The maximum atomic E-state index is 10.9. The average Bonchev–Trinajstić information content (AvgIpc) is 3.11. The molecule has 0 unspecified atom stereocenters. The van der Waals surface area contributed by atoms with E-state index in [-0.39, 0.29) is 10.5 Å². The molecule has 29 heavy (non-hydrogen) atoms. The van der Waals surface area contributed by atoms with Crippen molar-refractivity contribution < 1.29 is 19.1 Å². The highest BCUT2D eigenvalue weighted by atomic mass is 32.1. The van der Waals surface area contributed by atoms with Crippen molar-refractivity contribution in [2.75, 3.05) is 21.3 Å². The zero-order valence-electron chi connectivity index (χ0n) is 15.8. The van der Waals surface area contributed by atoms with Gasteiger partial charge in [0.05, 0.1) is 32.5 Å². The van der Waals surface area contributed by atoms with Gasteiger partial charge in [-0.15, -0.1) is 0 Å². The summed E-state index contributed by atoms with van der Waals surface area (Å²) in [5.41, 5.74) is 1.12. The number of nitrogens with one attached hydrogen (secondary N) is 1. The van der Waals surface area contributed by atoms with Crippen LogP contribution in [-0.2, 0) is 0 Å². The molecule has 2 aromatic carbocycles. The Labute approximate surface area is 170 Å². The second-order valence-electron chi connectivity index (χ2n) is 5.67. The molecule has 1 heterocycles. The molecule has 1 N–H and O–H groups in total. The number of ether oxygens (including phenoxy) is 3. The zero-order chi connectivity index (χ0) is 21.0. The number of methoxy groups -OCH3 is 3. The number of hydrogen-bond donors (Lipinski definition) is 1. The molecule has 0 saturated carbocycles. The first kappa shape index (κ1) is 20.0. The number of H-pyrrole nitrogens is 1. The minimum absolute atomic E-state index is 0.0328. The Morgan fingerprint density at radius 1 is 1.17 bits per heavy atom. The van der Waals surface area contributed by atoms with Gasteiger partial charge >= 0.3 is 0 Å². The van der Waals surface area contributed by atoms with Gasteiger partial charge in [-0.25, -0.2) is 5.10 Å². The molecule has 0 fully saturated rings. The molecule has 11 heteroatoms. The largest absolute Gasteiger partial charge is 0.493 e. The molecular formula is C18H17N5O5S. The predicted molar refractivity (Wildman–Crippen MR) is 109 cm³/mol. The summed E-state index contributed by atoms with van der Waals surface area (Å²) in [7, 11) is 4.54. The molecule has 0 bridgehead atoms. The van der Waals surface area contributed by atoms with Gasteiger partial charge in [0.2, 0.25) is 10.5 Å². The van der Waals surface area contributed by atoms with Crippen molar-refractivity contribution in [2.24, 2.45) is 5.10 Å². The van der Waals surface area contributed by atoms with Crippen molar-refractivity contribution in [1.82, 2.24) is 14.9 Å². The Hall–Kier alpha value is -3.73. The lowest BCUT2D eigenvalue weighted by Crippen LogP contribution is -1.99. The highest BCUT2D eigenvalue weighted by molar-refractivity contribution is 7.71. The van der Waals surface area contributed by atoms with E-state index >= 15 is 0 Å². The second-order valence-corrected chi connectivity index (χ2v) is 6.06. The van der Waals surface area contributed by atoms with E-state index in [1.807, 2.05) is 0 Å². The Bertz CT molecular complexity index is 1110. The molecule has 150 valence electrons. The molecule has 3 aromatic rings. The lowest BCUT2D eigenvalue weighted by molar-refractivity contribution is -0.384. The van der Waals surface area contributed by atoms with Crippen LogP contribution in [0, 0.1) is 14.9 Å².